The van der Waals surface area contributed by atoms with E-state index in [-0.39, 0.29) is 0 Å². The molecular formula is C19H24N6O2. The number of nitrogens with zero attached hydrogens (tertiary/aromatic N) is 5. The van der Waals surface area contributed by atoms with Crippen LogP contribution in [0.3, 0.4) is 0 Å². The van der Waals surface area contributed by atoms with Crippen molar-refractivity contribution in [3.63, 3.8) is 0 Å². The molecule has 142 valence electrons. The monoisotopic (exact) mass is 368 g/mol. The Bertz CT molecular complexity index is 897. The molecule has 3 aromatic rings. The van der Waals surface area contributed by atoms with E-state index in [2.05, 4.69) is 20.6 Å². The predicted molar refractivity (Wildman–Crippen MR) is 101 cm³/mol. The first-order valence-corrected chi connectivity index (χ1v) is 9.14. The minimum absolute atomic E-state index is 0.398. The maximum Gasteiger partial charge on any atom is 0.165 e. The Kier molecular flexibility index (Phi) is 5.06. The normalized spacial score (nSPS) is 15.0. The summed E-state index contributed by atoms with van der Waals surface area (Å²) in [5, 5.41) is 12.1. The van der Waals surface area contributed by atoms with Crippen molar-refractivity contribution in [3.8, 4) is 23.0 Å². The van der Waals surface area contributed by atoms with Gasteiger partial charge in [0.25, 0.3) is 0 Å². The number of ether oxygens (including phenoxy) is 2. The number of hydrogen-bond acceptors (Lipinski definition) is 6. The fourth-order valence-corrected chi connectivity index (χ4v) is 3.56. The molecule has 0 spiro atoms. The first-order valence-electron chi connectivity index (χ1n) is 9.14. The van der Waals surface area contributed by atoms with Crippen LogP contribution in [0.15, 0.2) is 36.8 Å². The van der Waals surface area contributed by atoms with E-state index in [9.17, 15) is 0 Å². The van der Waals surface area contributed by atoms with Gasteiger partial charge in [-0.15, -0.1) is 5.10 Å². The van der Waals surface area contributed by atoms with Gasteiger partial charge in [-0.2, -0.15) is 0 Å². The van der Waals surface area contributed by atoms with Crippen LogP contribution in [0, 0.1) is 0 Å². The average molecular weight is 368 g/mol. The van der Waals surface area contributed by atoms with E-state index in [1.165, 1.54) is 0 Å². The molecule has 0 aliphatic carbocycles. The van der Waals surface area contributed by atoms with Crippen LogP contribution in [0.25, 0.3) is 11.5 Å². The molecule has 8 heteroatoms. The summed E-state index contributed by atoms with van der Waals surface area (Å²) in [7, 11) is 3.30. The molecule has 0 saturated carbocycles. The number of nitrogens with one attached hydrogen (secondary N) is 1. The van der Waals surface area contributed by atoms with Crippen LogP contribution < -0.4 is 14.8 Å². The number of benzene rings is 1. The van der Waals surface area contributed by atoms with E-state index in [1.807, 2.05) is 39.8 Å². The molecule has 0 unspecified atom stereocenters. The third-order valence-electron chi connectivity index (χ3n) is 4.96. The minimum atomic E-state index is 0.398. The lowest BCUT2D eigenvalue weighted by Crippen LogP contribution is -2.29. The van der Waals surface area contributed by atoms with Gasteiger partial charge in [0, 0.05) is 18.0 Å². The van der Waals surface area contributed by atoms with Crippen molar-refractivity contribution < 1.29 is 9.47 Å². The summed E-state index contributed by atoms with van der Waals surface area (Å²) in [5.41, 5.74) is 1.79. The molecule has 27 heavy (non-hydrogen) atoms. The number of aromatic nitrogens is 5. The van der Waals surface area contributed by atoms with Gasteiger partial charge in [0.1, 0.15) is 5.69 Å². The number of para-hydroxylation sites is 1. The summed E-state index contributed by atoms with van der Waals surface area (Å²) in [5.74, 6) is 2.24. The standard InChI is InChI=1S/C19H24N6O2/c1-26-17-5-3-4-14(18(17)27-2)12-24-11-10-21-19(24)16-13-25(23-22-16)15-6-8-20-9-7-15/h3-5,10-11,13,15,20H,6-9,12H2,1-2H3. The molecule has 4 rings (SSSR count). The highest BCUT2D eigenvalue weighted by Crippen LogP contribution is 2.32. The van der Waals surface area contributed by atoms with Crippen LogP contribution in [0.5, 0.6) is 11.5 Å². The molecule has 0 bridgehead atoms. The van der Waals surface area contributed by atoms with Crippen molar-refractivity contribution in [1.82, 2.24) is 29.9 Å². The molecular weight excluding hydrogens is 344 g/mol. The van der Waals surface area contributed by atoms with E-state index in [4.69, 9.17) is 9.47 Å². The fourth-order valence-electron chi connectivity index (χ4n) is 3.56. The molecule has 1 aliphatic rings. The molecule has 8 nitrogen and oxygen atoms in total. The summed E-state index contributed by atoms with van der Waals surface area (Å²) in [6, 6.07) is 6.27. The van der Waals surface area contributed by atoms with Crippen molar-refractivity contribution in [1.29, 1.82) is 0 Å². The lowest BCUT2D eigenvalue weighted by molar-refractivity contribution is 0.337. The van der Waals surface area contributed by atoms with E-state index < -0.39 is 0 Å². The van der Waals surface area contributed by atoms with Gasteiger partial charge >= 0.3 is 0 Å². The Morgan fingerprint density at radius 3 is 2.81 bits per heavy atom. The Morgan fingerprint density at radius 1 is 1.19 bits per heavy atom. The topological polar surface area (TPSA) is 79.0 Å². The molecule has 0 radical (unpaired) electrons. The fraction of sp³-hybridized carbons (Fsp3) is 0.421. The average Bonchev–Trinajstić information content (AvgIpc) is 3.37. The molecule has 2 aromatic heterocycles. The van der Waals surface area contributed by atoms with Crippen molar-refractivity contribution in [2.24, 2.45) is 0 Å². The van der Waals surface area contributed by atoms with Crippen molar-refractivity contribution >= 4 is 0 Å². The number of piperidine rings is 1. The number of imidazole rings is 1. The maximum atomic E-state index is 5.55. The Labute approximate surface area is 158 Å². The highest BCUT2D eigenvalue weighted by molar-refractivity contribution is 5.50. The molecule has 1 aliphatic heterocycles. The zero-order chi connectivity index (χ0) is 18.6. The van der Waals surface area contributed by atoms with Gasteiger partial charge in [-0.25, -0.2) is 9.67 Å². The third kappa shape index (κ3) is 3.52. The van der Waals surface area contributed by atoms with E-state index in [0.717, 1.165) is 48.8 Å². The lowest BCUT2D eigenvalue weighted by atomic mass is 10.1. The second-order valence-electron chi connectivity index (χ2n) is 6.60. The second-order valence-corrected chi connectivity index (χ2v) is 6.60. The van der Waals surface area contributed by atoms with Gasteiger partial charge in [0.15, 0.2) is 17.3 Å². The van der Waals surface area contributed by atoms with Gasteiger partial charge in [-0.3, -0.25) is 0 Å². The zero-order valence-corrected chi connectivity index (χ0v) is 15.6. The van der Waals surface area contributed by atoms with E-state index in [0.29, 0.717) is 18.3 Å². The van der Waals surface area contributed by atoms with Crippen LogP contribution in [0.4, 0.5) is 0 Å². The van der Waals surface area contributed by atoms with Crippen LogP contribution in [0.1, 0.15) is 24.4 Å². The smallest absolute Gasteiger partial charge is 0.165 e. The zero-order valence-electron chi connectivity index (χ0n) is 15.6. The second kappa shape index (κ2) is 7.79. The van der Waals surface area contributed by atoms with Crippen LogP contribution >= 0.6 is 0 Å². The van der Waals surface area contributed by atoms with Gasteiger partial charge in [-0.05, 0) is 32.0 Å². The quantitative estimate of drug-likeness (QED) is 0.718. The number of hydrogen-bond donors (Lipinski definition) is 1. The van der Waals surface area contributed by atoms with Crippen molar-refractivity contribution in [2.45, 2.75) is 25.4 Å². The largest absolute Gasteiger partial charge is 0.493 e. The van der Waals surface area contributed by atoms with Crippen LogP contribution in [0.2, 0.25) is 0 Å². The minimum Gasteiger partial charge on any atom is -0.493 e. The maximum absolute atomic E-state index is 5.55. The Morgan fingerprint density at radius 2 is 2.04 bits per heavy atom. The molecule has 0 amide bonds. The van der Waals surface area contributed by atoms with Gasteiger partial charge in [0.05, 0.1) is 33.0 Å². The molecule has 1 saturated heterocycles. The molecule has 1 N–H and O–H groups in total. The Hall–Kier alpha value is -2.87. The Balaban J connectivity index is 1.60. The van der Waals surface area contributed by atoms with Gasteiger partial charge in [-0.1, -0.05) is 17.3 Å². The van der Waals surface area contributed by atoms with Crippen molar-refractivity contribution in [2.75, 3.05) is 27.3 Å². The predicted octanol–water partition coefficient (Wildman–Crippen LogP) is 2.13. The summed E-state index contributed by atoms with van der Waals surface area (Å²) < 4.78 is 15.0. The SMILES string of the molecule is COc1cccc(Cn2ccnc2-c2cn(C3CCNCC3)nn2)c1OC. The molecule has 1 fully saturated rings. The first kappa shape index (κ1) is 17.5. The van der Waals surface area contributed by atoms with Gasteiger partial charge in [0.2, 0.25) is 0 Å². The van der Waals surface area contributed by atoms with Crippen LogP contribution in [-0.4, -0.2) is 51.9 Å². The summed E-state index contributed by atoms with van der Waals surface area (Å²) >= 11 is 0. The first-order chi connectivity index (χ1) is 13.3. The lowest BCUT2D eigenvalue weighted by Gasteiger charge is -2.22. The van der Waals surface area contributed by atoms with E-state index in [1.54, 1.807) is 20.4 Å². The number of rotatable bonds is 6. The summed E-state index contributed by atoms with van der Waals surface area (Å²) in [6.07, 6.45) is 7.86. The van der Waals surface area contributed by atoms with Crippen LogP contribution in [-0.2, 0) is 6.54 Å². The van der Waals surface area contributed by atoms with Crippen molar-refractivity contribution in [3.05, 3.63) is 42.4 Å². The number of methoxy groups -OCH3 is 2. The summed E-state index contributed by atoms with van der Waals surface area (Å²) in [6.45, 7) is 2.64. The molecule has 0 atom stereocenters. The van der Waals surface area contributed by atoms with Gasteiger partial charge < -0.3 is 19.4 Å². The summed E-state index contributed by atoms with van der Waals surface area (Å²) in [4.78, 5) is 4.50. The molecule has 1 aromatic carbocycles. The van der Waals surface area contributed by atoms with E-state index >= 15 is 0 Å². The highest BCUT2D eigenvalue weighted by atomic mass is 16.5. The highest BCUT2D eigenvalue weighted by Gasteiger charge is 2.19. The molecule has 3 heterocycles. The third-order valence-corrected chi connectivity index (χ3v) is 4.96.